The SMILES string of the molecule is CCC1=NC(C)=CN2CC(c3cc(=O)n4cc(N5C[C@@H](C)N[C@@H](C)C5)ccc4n3)C=C12. The summed E-state index contributed by atoms with van der Waals surface area (Å²) in [6.45, 7) is 11.2. The second-order valence-corrected chi connectivity index (χ2v) is 9.00. The van der Waals surface area contributed by atoms with Crippen LogP contribution in [0, 0.1) is 0 Å². The summed E-state index contributed by atoms with van der Waals surface area (Å²) >= 11 is 0. The van der Waals surface area contributed by atoms with E-state index in [2.05, 4.69) is 59.2 Å². The van der Waals surface area contributed by atoms with Crippen molar-refractivity contribution in [3.05, 3.63) is 64.1 Å². The van der Waals surface area contributed by atoms with Gasteiger partial charge in [-0.2, -0.15) is 0 Å². The molecule has 0 saturated carbocycles. The summed E-state index contributed by atoms with van der Waals surface area (Å²) in [4.78, 5) is 27.1. The molecule has 5 heterocycles. The normalized spacial score (nSPS) is 25.9. The lowest BCUT2D eigenvalue weighted by molar-refractivity contribution is 0.407. The zero-order valence-corrected chi connectivity index (χ0v) is 18.7. The monoisotopic (exact) mass is 418 g/mol. The zero-order valence-electron chi connectivity index (χ0n) is 18.7. The Morgan fingerprint density at radius 1 is 1.16 bits per heavy atom. The van der Waals surface area contributed by atoms with Gasteiger partial charge in [0.25, 0.3) is 5.56 Å². The molecule has 0 spiro atoms. The Kier molecular flexibility index (Phi) is 4.93. The molecule has 31 heavy (non-hydrogen) atoms. The number of hydrogen-bond donors (Lipinski definition) is 1. The van der Waals surface area contributed by atoms with Gasteiger partial charge in [-0.25, -0.2) is 4.98 Å². The molecule has 0 amide bonds. The van der Waals surface area contributed by atoms with Crippen LogP contribution in [-0.2, 0) is 0 Å². The van der Waals surface area contributed by atoms with Gasteiger partial charge in [-0.05, 0) is 45.4 Å². The van der Waals surface area contributed by atoms with Gasteiger partial charge in [-0.15, -0.1) is 0 Å². The van der Waals surface area contributed by atoms with Gasteiger partial charge in [0, 0.05) is 56.1 Å². The fraction of sp³-hybridized carbons (Fsp3) is 0.458. The van der Waals surface area contributed by atoms with E-state index in [1.165, 1.54) is 0 Å². The van der Waals surface area contributed by atoms with Crippen molar-refractivity contribution in [2.24, 2.45) is 4.99 Å². The average Bonchev–Trinajstić information content (AvgIpc) is 3.16. The summed E-state index contributed by atoms with van der Waals surface area (Å²) in [7, 11) is 0. The van der Waals surface area contributed by atoms with Gasteiger partial charge in [0.15, 0.2) is 0 Å². The topological polar surface area (TPSA) is 65.2 Å². The maximum Gasteiger partial charge on any atom is 0.258 e. The van der Waals surface area contributed by atoms with Gasteiger partial charge in [0.1, 0.15) is 5.65 Å². The minimum absolute atomic E-state index is 0.0301. The molecule has 0 radical (unpaired) electrons. The number of piperazine rings is 1. The highest BCUT2D eigenvalue weighted by Crippen LogP contribution is 2.32. The predicted octanol–water partition coefficient (Wildman–Crippen LogP) is 2.89. The number of aliphatic imine (C=N–C) groups is 1. The third kappa shape index (κ3) is 3.67. The van der Waals surface area contributed by atoms with Crippen molar-refractivity contribution in [3.63, 3.8) is 0 Å². The van der Waals surface area contributed by atoms with Crippen molar-refractivity contribution in [3.8, 4) is 0 Å². The second kappa shape index (κ2) is 7.64. The Hall–Kier alpha value is -2.93. The van der Waals surface area contributed by atoms with Crippen molar-refractivity contribution >= 4 is 17.0 Å². The molecule has 3 atom stereocenters. The van der Waals surface area contributed by atoms with Gasteiger partial charge < -0.3 is 15.1 Å². The highest BCUT2D eigenvalue weighted by atomic mass is 16.1. The smallest absolute Gasteiger partial charge is 0.258 e. The third-order valence-corrected chi connectivity index (χ3v) is 6.31. The Morgan fingerprint density at radius 3 is 2.68 bits per heavy atom. The van der Waals surface area contributed by atoms with Gasteiger partial charge in [0.05, 0.1) is 28.5 Å². The van der Waals surface area contributed by atoms with Crippen LogP contribution in [0.25, 0.3) is 5.65 Å². The largest absolute Gasteiger partial charge is 0.367 e. The number of rotatable bonds is 3. The van der Waals surface area contributed by atoms with E-state index in [0.717, 1.165) is 54.5 Å². The molecule has 1 saturated heterocycles. The molecule has 5 rings (SSSR count). The maximum atomic E-state index is 13.0. The zero-order chi connectivity index (χ0) is 21.7. The van der Waals surface area contributed by atoms with Crippen LogP contribution in [0.15, 0.2) is 57.9 Å². The number of nitrogens with one attached hydrogen (secondary N) is 1. The summed E-state index contributed by atoms with van der Waals surface area (Å²) in [5, 5.41) is 3.55. The Labute approximate surface area is 182 Å². The molecule has 7 heteroatoms. The van der Waals surface area contributed by atoms with Gasteiger partial charge in [-0.3, -0.25) is 14.2 Å². The fourth-order valence-electron chi connectivity index (χ4n) is 5.02. The maximum absolute atomic E-state index is 13.0. The van der Waals surface area contributed by atoms with E-state index in [1.807, 2.05) is 19.2 Å². The van der Waals surface area contributed by atoms with Crippen LogP contribution >= 0.6 is 0 Å². The third-order valence-electron chi connectivity index (χ3n) is 6.31. The van der Waals surface area contributed by atoms with E-state index >= 15 is 0 Å². The molecule has 1 unspecified atom stereocenters. The molecule has 1 fully saturated rings. The molecule has 1 N–H and O–H groups in total. The lowest BCUT2D eigenvalue weighted by Crippen LogP contribution is -2.54. The first-order valence-electron chi connectivity index (χ1n) is 11.2. The van der Waals surface area contributed by atoms with E-state index in [1.54, 1.807) is 10.5 Å². The Bertz CT molecular complexity index is 1170. The Balaban J connectivity index is 1.47. The highest BCUT2D eigenvalue weighted by molar-refractivity contribution is 6.01. The summed E-state index contributed by atoms with van der Waals surface area (Å²) in [5.74, 6) is 0.0844. The molecule has 3 aliphatic heterocycles. The van der Waals surface area contributed by atoms with Crippen LogP contribution in [-0.4, -0.2) is 51.7 Å². The molecule has 162 valence electrons. The van der Waals surface area contributed by atoms with E-state index in [0.29, 0.717) is 17.7 Å². The second-order valence-electron chi connectivity index (χ2n) is 9.00. The molecule has 2 aromatic rings. The Morgan fingerprint density at radius 2 is 1.94 bits per heavy atom. The quantitative estimate of drug-likeness (QED) is 0.830. The summed E-state index contributed by atoms with van der Waals surface area (Å²) in [5.41, 5.74) is 5.82. The first-order valence-corrected chi connectivity index (χ1v) is 11.2. The predicted molar refractivity (Wildman–Crippen MR) is 125 cm³/mol. The van der Waals surface area contributed by atoms with Gasteiger partial charge >= 0.3 is 0 Å². The highest BCUT2D eigenvalue weighted by Gasteiger charge is 2.29. The van der Waals surface area contributed by atoms with Crippen LogP contribution in [0.5, 0.6) is 0 Å². The van der Waals surface area contributed by atoms with Crippen molar-refractivity contribution in [2.75, 3.05) is 24.5 Å². The molecular formula is C24H30N6O. The van der Waals surface area contributed by atoms with E-state index < -0.39 is 0 Å². The van der Waals surface area contributed by atoms with Crippen molar-refractivity contribution in [1.29, 1.82) is 0 Å². The van der Waals surface area contributed by atoms with Crippen molar-refractivity contribution in [1.82, 2.24) is 19.6 Å². The lowest BCUT2D eigenvalue weighted by atomic mass is 10.1. The van der Waals surface area contributed by atoms with E-state index in [9.17, 15) is 4.79 Å². The average molecular weight is 419 g/mol. The fourth-order valence-corrected chi connectivity index (χ4v) is 5.02. The number of hydrogen-bond acceptors (Lipinski definition) is 6. The minimum Gasteiger partial charge on any atom is -0.367 e. The van der Waals surface area contributed by atoms with E-state index in [4.69, 9.17) is 4.98 Å². The van der Waals surface area contributed by atoms with Crippen molar-refractivity contribution < 1.29 is 0 Å². The van der Waals surface area contributed by atoms with Crippen LogP contribution in [0.4, 0.5) is 5.69 Å². The van der Waals surface area contributed by atoms with E-state index in [-0.39, 0.29) is 11.5 Å². The number of pyridine rings is 1. The molecule has 0 aromatic carbocycles. The number of fused-ring (bicyclic) bond motifs is 2. The van der Waals surface area contributed by atoms with Crippen LogP contribution in [0.1, 0.15) is 45.7 Å². The summed E-state index contributed by atoms with van der Waals surface area (Å²) in [6.07, 6.45) is 7.12. The van der Waals surface area contributed by atoms with Crippen molar-refractivity contribution in [2.45, 2.75) is 52.1 Å². The lowest BCUT2D eigenvalue weighted by Gasteiger charge is -2.37. The van der Waals surface area contributed by atoms with Gasteiger partial charge in [-0.1, -0.05) is 6.92 Å². The molecule has 7 nitrogen and oxygen atoms in total. The standard InChI is InChI=1S/C24H30N6O/c1-5-20-22-8-18(13-29(22)12-17(4)26-20)21-9-24(31)30-14-19(6-7-23(30)27-21)28-10-15(2)25-16(3)11-28/h6-9,12,14-16,18,25H,5,10-11,13H2,1-4H3/t15-,16+,18?. The number of nitrogens with zero attached hydrogens (tertiary/aromatic N) is 5. The molecule has 2 aromatic heterocycles. The summed E-state index contributed by atoms with van der Waals surface area (Å²) < 4.78 is 1.68. The number of anilines is 1. The van der Waals surface area contributed by atoms with Gasteiger partial charge in [0.2, 0.25) is 0 Å². The minimum atomic E-state index is -0.0301. The first-order chi connectivity index (χ1) is 14.9. The van der Waals surface area contributed by atoms with Crippen LogP contribution in [0.2, 0.25) is 0 Å². The molecule has 0 bridgehead atoms. The number of aromatic nitrogens is 2. The molecule has 0 aliphatic carbocycles. The molecule has 3 aliphatic rings. The molecular weight excluding hydrogens is 388 g/mol. The summed E-state index contributed by atoms with van der Waals surface area (Å²) in [6, 6.07) is 6.58. The van der Waals surface area contributed by atoms with Crippen LogP contribution < -0.4 is 15.8 Å². The van der Waals surface area contributed by atoms with Crippen LogP contribution in [0.3, 0.4) is 0 Å². The number of allylic oxidation sites excluding steroid dienone is 2. The first kappa shape index (κ1) is 20.0.